The van der Waals surface area contributed by atoms with E-state index in [-0.39, 0.29) is 11.6 Å². The molecule has 0 unspecified atom stereocenters. The molecule has 0 spiro atoms. The smallest absolute Gasteiger partial charge is 0.278 e. The molecule has 0 fully saturated rings. The first-order valence-corrected chi connectivity index (χ1v) is 9.21. The first-order chi connectivity index (χ1) is 14.6. The zero-order valence-corrected chi connectivity index (χ0v) is 16.4. The molecule has 2 aromatic carbocycles. The zero-order valence-electron chi connectivity index (χ0n) is 16.4. The highest BCUT2D eigenvalue weighted by atomic mass is 16.5. The third-order valence-electron chi connectivity index (χ3n) is 4.39. The maximum Gasteiger partial charge on any atom is 0.278 e. The van der Waals surface area contributed by atoms with Crippen LogP contribution in [0.5, 0.6) is 17.4 Å². The second-order valence-corrected chi connectivity index (χ2v) is 6.39. The third kappa shape index (κ3) is 4.12. The molecule has 2 aromatic heterocycles. The fourth-order valence-corrected chi connectivity index (χ4v) is 2.82. The van der Waals surface area contributed by atoms with Crippen molar-refractivity contribution in [3.63, 3.8) is 0 Å². The minimum absolute atomic E-state index is 0.232. The molecule has 2 heterocycles. The molecule has 0 bridgehead atoms. The molecule has 150 valence electrons. The number of anilines is 1. The number of aromatic nitrogens is 4. The number of ether oxygens (including phenoxy) is 2. The molecular weight excluding hydrogens is 382 g/mol. The van der Waals surface area contributed by atoms with Crippen molar-refractivity contribution in [2.24, 2.45) is 0 Å². The summed E-state index contributed by atoms with van der Waals surface area (Å²) in [7, 11) is 1.60. The lowest BCUT2D eigenvalue weighted by Gasteiger charge is -2.07. The summed E-state index contributed by atoms with van der Waals surface area (Å²) in [6.45, 7) is 1.79. The van der Waals surface area contributed by atoms with Gasteiger partial charge in [0.1, 0.15) is 11.5 Å². The Morgan fingerprint density at radius 2 is 1.73 bits per heavy atom. The Hall–Kier alpha value is -4.20. The molecule has 0 aliphatic carbocycles. The Bertz CT molecular complexity index is 1140. The SMILES string of the molecule is COc1ccc(-n2nnc(C(=O)Nc3ccc(Oc4ccccc4)nc3)c2C)cc1. The summed E-state index contributed by atoms with van der Waals surface area (Å²) in [5, 5.41) is 10.9. The van der Waals surface area contributed by atoms with E-state index in [1.165, 1.54) is 6.20 Å². The molecule has 4 aromatic rings. The standard InChI is InChI=1S/C22H19N5O3/c1-15-21(25-26-27(15)17-9-11-18(29-2)12-10-17)22(28)24-16-8-13-20(23-14-16)30-19-6-4-3-5-7-19/h3-14H,1-2H3,(H,24,28). The number of methoxy groups -OCH3 is 1. The van der Waals surface area contributed by atoms with Crippen LogP contribution in [0.25, 0.3) is 5.69 Å². The van der Waals surface area contributed by atoms with Crippen LogP contribution in [0, 0.1) is 6.92 Å². The second-order valence-electron chi connectivity index (χ2n) is 6.39. The van der Waals surface area contributed by atoms with Gasteiger partial charge in [0, 0.05) is 6.07 Å². The fourth-order valence-electron chi connectivity index (χ4n) is 2.82. The van der Waals surface area contributed by atoms with Gasteiger partial charge in [-0.25, -0.2) is 9.67 Å². The van der Waals surface area contributed by atoms with Crippen LogP contribution in [0.2, 0.25) is 0 Å². The summed E-state index contributed by atoms with van der Waals surface area (Å²) < 4.78 is 12.4. The van der Waals surface area contributed by atoms with Gasteiger partial charge in [-0.05, 0) is 49.4 Å². The van der Waals surface area contributed by atoms with Gasteiger partial charge in [-0.2, -0.15) is 0 Å². The van der Waals surface area contributed by atoms with Gasteiger partial charge >= 0.3 is 0 Å². The molecule has 0 aliphatic rings. The van der Waals surface area contributed by atoms with Gasteiger partial charge in [-0.15, -0.1) is 5.10 Å². The Labute approximate surface area is 173 Å². The predicted molar refractivity (Wildman–Crippen MR) is 111 cm³/mol. The zero-order chi connectivity index (χ0) is 20.9. The molecular formula is C22H19N5O3. The second kappa shape index (κ2) is 8.44. The van der Waals surface area contributed by atoms with Crippen molar-refractivity contribution in [3.8, 4) is 23.1 Å². The van der Waals surface area contributed by atoms with Crippen LogP contribution in [0.4, 0.5) is 5.69 Å². The number of nitrogens with zero attached hydrogens (tertiary/aromatic N) is 4. The normalized spacial score (nSPS) is 10.5. The maximum atomic E-state index is 12.6. The van der Waals surface area contributed by atoms with E-state index >= 15 is 0 Å². The molecule has 8 nitrogen and oxygen atoms in total. The summed E-state index contributed by atoms with van der Waals surface area (Å²) in [6, 6.07) is 20.1. The van der Waals surface area contributed by atoms with Gasteiger partial charge in [-0.1, -0.05) is 23.4 Å². The summed E-state index contributed by atoms with van der Waals surface area (Å²) in [5.74, 6) is 1.49. The first kappa shape index (κ1) is 19.1. The summed E-state index contributed by atoms with van der Waals surface area (Å²) in [4.78, 5) is 16.9. The number of rotatable bonds is 6. The van der Waals surface area contributed by atoms with Gasteiger partial charge in [-0.3, -0.25) is 4.79 Å². The molecule has 4 rings (SSSR count). The van der Waals surface area contributed by atoms with Crippen LogP contribution in [0.3, 0.4) is 0 Å². The van der Waals surface area contributed by atoms with E-state index in [1.807, 2.05) is 54.6 Å². The summed E-state index contributed by atoms with van der Waals surface area (Å²) >= 11 is 0. The predicted octanol–water partition coefficient (Wildman–Crippen LogP) is 4.02. The lowest BCUT2D eigenvalue weighted by Crippen LogP contribution is -2.14. The minimum Gasteiger partial charge on any atom is -0.497 e. The highest BCUT2D eigenvalue weighted by Gasteiger charge is 2.18. The average molecular weight is 401 g/mol. The van der Waals surface area contributed by atoms with Crippen molar-refractivity contribution in [2.45, 2.75) is 6.92 Å². The van der Waals surface area contributed by atoms with Gasteiger partial charge in [0.15, 0.2) is 5.69 Å². The van der Waals surface area contributed by atoms with E-state index in [0.29, 0.717) is 23.0 Å². The van der Waals surface area contributed by atoms with Gasteiger partial charge in [0.25, 0.3) is 5.91 Å². The number of benzene rings is 2. The molecule has 8 heteroatoms. The van der Waals surface area contributed by atoms with Crippen molar-refractivity contribution in [2.75, 3.05) is 12.4 Å². The molecule has 0 saturated carbocycles. The van der Waals surface area contributed by atoms with Crippen molar-refractivity contribution in [3.05, 3.63) is 84.3 Å². The van der Waals surface area contributed by atoms with E-state index in [0.717, 1.165) is 11.4 Å². The van der Waals surface area contributed by atoms with Crippen molar-refractivity contribution >= 4 is 11.6 Å². The number of amides is 1. The third-order valence-corrected chi connectivity index (χ3v) is 4.39. The van der Waals surface area contributed by atoms with Crippen LogP contribution in [0.15, 0.2) is 72.9 Å². The molecule has 1 amide bonds. The van der Waals surface area contributed by atoms with Crippen molar-refractivity contribution in [1.29, 1.82) is 0 Å². The minimum atomic E-state index is -0.370. The van der Waals surface area contributed by atoms with Crippen LogP contribution in [0.1, 0.15) is 16.2 Å². The fraction of sp³-hybridized carbons (Fsp3) is 0.0909. The molecule has 0 atom stereocenters. The van der Waals surface area contributed by atoms with Crippen LogP contribution in [-0.2, 0) is 0 Å². The topological polar surface area (TPSA) is 91.2 Å². The molecule has 0 aliphatic heterocycles. The first-order valence-electron chi connectivity index (χ1n) is 9.21. The highest BCUT2D eigenvalue weighted by molar-refractivity contribution is 6.03. The molecule has 30 heavy (non-hydrogen) atoms. The van der Waals surface area contributed by atoms with E-state index in [9.17, 15) is 4.79 Å². The van der Waals surface area contributed by atoms with Crippen molar-refractivity contribution in [1.82, 2.24) is 20.0 Å². The average Bonchev–Trinajstić information content (AvgIpc) is 3.17. The number of carbonyl (C=O) groups is 1. The Balaban J connectivity index is 1.45. The number of hydrogen-bond acceptors (Lipinski definition) is 6. The van der Waals surface area contributed by atoms with E-state index in [4.69, 9.17) is 9.47 Å². The maximum absolute atomic E-state index is 12.6. The highest BCUT2D eigenvalue weighted by Crippen LogP contribution is 2.21. The number of carbonyl (C=O) groups excluding carboxylic acids is 1. The van der Waals surface area contributed by atoms with Crippen molar-refractivity contribution < 1.29 is 14.3 Å². The van der Waals surface area contributed by atoms with Crippen LogP contribution < -0.4 is 14.8 Å². The number of nitrogens with one attached hydrogen (secondary N) is 1. The summed E-state index contributed by atoms with van der Waals surface area (Å²) in [5.41, 5.74) is 2.16. The quantitative estimate of drug-likeness (QED) is 0.525. The number of pyridine rings is 1. The number of para-hydroxylation sites is 1. The Morgan fingerprint density at radius 3 is 2.40 bits per heavy atom. The lowest BCUT2D eigenvalue weighted by atomic mass is 10.2. The largest absolute Gasteiger partial charge is 0.497 e. The Kier molecular flexibility index (Phi) is 5.38. The molecule has 0 radical (unpaired) electrons. The van der Waals surface area contributed by atoms with E-state index in [1.54, 1.807) is 30.8 Å². The van der Waals surface area contributed by atoms with Crippen LogP contribution in [-0.4, -0.2) is 33.0 Å². The monoisotopic (exact) mass is 401 g/mol. The number of hydrogen-bond donors (Lipinski definition) is 1. The molecule has 0 saturated heterocycles. The van der Waals surface area contributed by atoms with E-state index < -0.39 is 0 Å². The van der Waals surface area contributed by atoms with Gasteiger partial charge in [0.2, 0.25) is 5.88 Å². The molecule has 1 N–H and O–H groups in total. The summed E-state index contributed by atoms with van der Waals surface area (Å²) in [6.07, 6.45) is 1.53. The van der Waals surface area contributed by atoms with Crippen LogP contribution >= 0.6 is 0 Å². The lowest BCUT2D eigenvalue weighted by molar-refractivity contribution is 0.102. The van der Waals surface area contributed by atoms with E-state index in [2.05, 4.69) is 20.6 Å². The Morgan fingerprint density at radius 1 is 0.967 bits per heavy atom. The van der Waals surface area contributed by atoms with Gasteiger partial charge < -0.3 is 14.8 Å². The van der Waals surface area contributed by atoms with Gasteiger partial charge in [0.05, 0.1) is 30.4 Å².